The molecule has 1 saturated heterocycles. The maximum Gasteiger partial charge on any atom is 0.407 e. The van der Waals surface area contributed by atoms with E-state index >= 15 is 0 Å². The van der Waals surface area contributed by atoms with Gasteiger partial charge in [-0.2, -0.15) is 0 Å². The SMILES string of the molecule is O=C(C=Cc1cccnc1)NCCCCC1CCN(C(=O)O)CC1. The van der Waals surface area contributed by atoms with Gasteiger partial charge in [0, 0.05) is 38.1 Å². The van der Waals surface area contributed by atoms with E-state index in [1.807, 2.05) is 12.1 Å². The number of nitrogens with one attached hydrogen (secondary N) is 1. The van der Waals surface area contributed by atoms with Crippen molar-refractivity contribution in [2.24, 2.45) is 5.92 Å². The first-order valence-corrected chi connectivity index (χ1v) is 8.49. The molecule has 1 aliphatic heterocycles. The van der Waals surface area contributed by atoms with Gasteiger partial charge in [0.25, 0.3) is 0 Å². The summed E-state index contributed by atoms with van der Waals surface area (Å²) in [5.41, 5.74) is 0.903. The lowest BCUT2D eigenvalue weighted by Crippen LogP contribution is -2.37. The highest BCUT2D eigenvalue weighted by atomic mass is 16.4. The molecule has 6 nitrogen and oxygen atoms in total. The standard InChI is InChI=1S/C18H25N3O3/c22-17(7-6-16-5-3-10-19-14-16)20-11-2-1-4-15-8-12-21(13-9-15)18(23)24/h3,5-7,10,14-15H,1-2,4,8-9,11-13H2,(H,20,22)(H,23,24). The summed E-state index contributed by atoms with van der Waals surface area (Å²) in [6.45, 7) is 1.97. The minimum atomic E-state index is -0.810. The molecule has 0 radical (unpaired) electrons. The van der Waals surface area contributed by atoms with E-state index in [1.165, 1.54) is 11.0 Å². The van der Waals surface area contributed by atoms with Gasteiger partial charge in [0.05, 0.1) is 0 Å². The molecule has 0 aliphatic carbocycles. The fourth-order valence-electron chi connectivity index (χ4n) is 2.89. The number of unbranched alkanes of at least 4 members (excludes halogenated alkanes) is 1. The Balaban J connectivity index is 1.53. The minimum Gasteiger partial charge on any atom is -0.465 e. The molecule has 24 heavy (non-hydrogen) atoms. The van der Waals surface area contributed by atoms with Crippen molar-refractivity contribution in [1.29, 1.82) is 0 Å². The molecule has 1 fully saturated rings. The lowest BCUT2D eigenvalue weighted by molar-refractivity contribution is -0.116. The Morgan fingerprint density at radius 2 is 2.12 bits per heavy atom. The van der Waals surface area contributed by atoms with E-state index in [4.69, 9.17) is 5.11 Å². The Labute approximate surface area is 142 Å². The number of carbonyl (C=O) groups excluding carboxylic acids is 1. The molecule has 2 amide bonds. The average molecular weight is 331 g/mol. The summed E-state index contributed by atoms with van der Waals surface area (Å²) in [5.74, 6) is 0.524. The van der Waals surface area contributed by atoms with Crippen molar-refractivity contribution in [1.82, 2.24) is 15.2 Å². The highest BCUT2D eigenvalue weighted by molar-refractivity contribution is 5.91. The molecule has 130 valence electrons. The van der Waals surface area contributed by atoms with Gasteiger partial charge in [-0.05, 0) is 42.9 Å². The van der Waals surface area contributed by atoms with Gasteiger partial charge >= 0.3 is 6.09 Å². The van der Waals surface area contributed by atoms with E-state index < -0.39 is 6.09 Å². The predicted octanol–water partition coefficient (Wildman–Crippen LogP) is 2.77. The second-order valence-electron chi connectivity index (χ2n) is 6.12. The summed E-state index contributed by atoms with van der Waals surface area (Å²) in [6.07, 6.45) is 10.9. The highest BCUT2D eigenvalue weighted by Crippen LogP contribution is 2.22. The van der Waals surface area contributed by atoms with E-state index in [0.29, 0.717) is 25.6 Å². The third-order valence-corrected chi connectivity index (χ3v) is 4.34. The first kappa shape index (κ1) is 18.0. The van der Waals surface area contributed by atoms with Crippen molar-refractivity contribution in [2.45, 2.75) is 32.1 Å². The molecule has 0 aromatic carbocycles. The quantitative estimate of drug-likeness (QED) is 0.594. The Bertz CT molecular complexity index is 552. The fraction of sp³-hybridized carbons (Fsp3) is 0.500. The Morgan fingerprint density at radius 3 is 2.79 bits per heavy atom. The van der Waals surface area contributed by atoms with Crippen LogP contribution in [0.2, 0.25) is 0 Å². The van der Waals surface area contributed by atoms with E-state index in [-0.39, 0.29) is 5.91 Å². The average Bonchev–Trinajstić information content (AvgIpc) is 2.61. The molecule has 6 heteroatoms. The summed E-state index contributed by atoms with van der Waals surface area (Å²) in [6, 6.07) is 3.73. The summed E-state index contributed by atoms with van der Waals surface area (Å²) in [7, 11) is 0. The number of pyridine rings is 1. The molecular weight excluding hydrogens is 306 g/mol. The third kappa shape index (κ3) is 6.40. The number of amides is 2. The summed E-state index contributed by atoms with van der Waals surface area (Å²) < 4.78 is 0. The summed E-state index contributed by atoms with van der Waals surface area (Å²) in [5, 5.41) is 11.8. The van der Waals surface area contributed by atoms with Crippen molar-refractivity contribution in [3.8, 4) is 0 Å². The number of aromatic nitrogens is 1. The number of hydrogen-bond acceptors (Lipinski definition) is 3. The zero-order valence-corrected chi connectivity index (χ0v) is 13.9. The minimum absolute atomic E-state index is 0.0892. The second kappa shape index (κ2) is 9.70. The number of likely N-dealkylation sites (tertiary alicyclic amines) is 1. The van der Waals surface area contributed by atoms with Crippen LogP contribution in [0.1, 0.15) is 37.7 Å². The van der Waals surface area contributed by atoms with Crippen LogP contribution < -0.4 is 5.32 Å². The van der Waals surface area contributed by atoms with Crippen LogP contribution in [0.4, 0.5) is 4.79 Å². The van der Waals surface area contributed by atoms with E-state index in [2.05, 4.69) is 10.3 Å². The van der Waals surface area contributed by atoms with Gasteiger partial charge in [-0.3, -0.25) is 9.78 Å². The predicted molar refractivity (Wildman–Crippen MR) is 92.5 cm³/mol. The van der Waals surface area contributed by atoms with E-state index in [1.54, 1.807) is 18.5 Å². The van der Waals surface area contributed by atoms with Gasteiger partial charge in [-0.15, -0.1) is 0 Å². The largest absolute Gasteiger partial charge is 0.465 e. The lowest BCUT2D eigenvalue weighted by Gasteiger charge is -2.29. The number of hydrogen-bond donors (Lipinski definition) is 2. The van der Waals surface area contributed by atoms with Crippen LogP contribution in [0.5, 0.6) is 0 Å². The topological polar surface area (TPSA) is 82.5 Å². The van der Waals surface area contributed by atoms with Crippen molar-refractivity contribution < 1.29 is 14.7 Å². The maximum absolute atomic E-state index is 11.7. The molecule has 0 spiro atoms. The zero-order chi connectivity index (χ0) is 17.2. The van der Waals surface area contributed by atoms with Crippen molar-refractivity contribution >= 4 is 18.1 Å². The van der Waals surface area contributed by atoms with Crippen molar-refractivity contribution in [3.63, 3.8) is 0 Å². The molecule has 1 aliphatic rings. The van der Waals surface area contributed by atoms with Crippen LogP contribution in [0.15, 0.2) is 30.6 Å². The van der Waals surface area contributed by atoms with Gasteiger partial charge in [-0.25, -0.2) is 4.79 Å². The molecule has 1 aromatic rings. The van der Waals surface area contributed by atoms with E-state index in [0.717, 1.165) is 37.7 Å². The summed E-state index contributed by atoms with van der Waals surface area (Å²) >= 11 is 0. The molecule has 1 aromatic heterocycles. The first-order chi connectivity index (χ1) is 11.6. The van der Waals surface area contributed by atoms with Crippen LogP contribution >= 0.6 is 0 Å². The molecule has 2 rings (SSSR count). The van der Waals surface area contributed by atoms with Crippen LogP contribution in [-0.4, -0.2) is 46.6 Å². The number of carbonyl (C=O) groups is 2. The maximum atomic E-state index is 11.7. The molecule has 0 unspecified atom stereocenters. The van der Waals surface area contributed by atoms with Crippen LogP contribution in [-0.2, 0) is 4.79 Å². The Hall–Kier alpha value is -2.37. The molecule has 2 heterocycles. The third-order valence-electron chi connectivity index (χ3n) is 4.34. The molecule has 2 N–H and O–H groups in total. The Morgan fingerprint density at radius 1 is 1.33 bits per heavy atom. The van der Waals surface area contributed by atoms with Gasteiger partial charge in [0.2, 0.25) is 5.91 Å². The van der Waals surface area contributed by atoms with Crippen LogP contribution in [0.3, 0.4) is 0 Å². The number of rotatable bonds is 7. The number of piperidine rings is 1. The first-order valence-electron chi connectivity index (χ1n) is 8.49. The summed E-state index contributed by atoms with van der Waals surface area (Å²) in [4.78, 5) is 28.0. The monoisotopic (exact) mass is 331 g/mol. The smallest absolute Gasteiger partial charge is 0.407 e. The zero-order valence-electron chi connectivity index (χ0n) is 13.9. The highest BCUT2D eigenvalue weighted by Gasteiger charge is 2.21. The number of nitrogens with zero attached hydrogens (tertiary/aromatic N) is 2. The van der Waals surface area contributed by atoms with Crippen LogP contribution in [0, 0.1) is 5.92 Å². The lowest BCUT2D eigenvalue weighted by atomic mass is 9.92. The van der Waals surface area contributed by atoms with Gasteiger partial charge < -0.3 is 15.3 Å². The van der Waals surface area contributed by atoms with Crippen molar-refractivity contribution in [3.05, 3.63) is 36.2 Å². The second-order valence-corrected chi connectivity index (χ2v) is 6.12. The van der Waals surface area contributed by atoms with Gasteiger partial charge in [0.15, 0.2) is 0 Å². The van der Waals surface area contributed by atoms with Gasteiger partial charge in [-0.1, -0.05) is 18.9 Å². The normalized spacial score (nSPS) is 15.6. The van der Waals surface area contributed by atoms with Crippen LogP contribution in [0.25, 0.3) is 6.08 Å². The fourth-order valence-corrected chi connectivity index (χ4v) is 2.89. The molecular formula is C18H25N3O3. The Kier molecular flexibility index (Phi) is 7.26. The van der Waals surface area contributed by atoms with E-state index in [9.17, 15) is 9.59 Å². The number of carboxylic acid groups (broad SMARTS) is 1. The van der Waals surface area contributed by atoms with Gasteiger partial charge in [0.1, 0.15) is 0 Å². The molecule has 0 saturated carbocycles. The molecule has 0 bridgehead atoms. The molecule has 0 atom stereocenters. The van der Waals surface area contributed by atoms with Crippen molar-refractivity contribution in [2.75, 3.05) is 19.6 Å².